The van der Waals surface area contributed by atoms with E-state index in [9.17, 15) is 5.11 Å². The molecular formula is C24H23ClO2. The van der Waals surface area contributed by atoms with Crippen LogP contribution in [0.4, 0.5) is 0 Å². The number of hydrogen-bond donors (Lipinski definition) is 1. The summed E-state index contributed by atoms with van der Waals surface area (Å²) in [5, 5.41) is 13.2. The minimum atomic E-state index is -1.12. The minimum Gasteiger partial charge on any atom is -0.497 e. The minimum absolute atomic E-state index is 0.110. The summed E-state index contributed by atoms with van der Waals surface area (Å²) in [4.78, 5) is 0. The first-order valence-electron chi connectivity index (χ1n) is 9.37. The van der Waals surface area contributed by atoms with Crippen LogP contribution in [0, 0.1) is 11.3 Å². The number of fused-ring (bicyclic) bond motifs is 3. The van der Waals surface area contributed by atoms with Crippen molar-refractivity contribution in [3.63, 3.8) is 0 Å². The Morgan fingerprint density at radius 1 is 1.11 bits per heavy atom. The zero-order valence-corrected chi connectivity index (χ0v) is 16.2. The number of aliphatic hydroxyl groups is 1. The number of rotatable bonds is 3. The summed E-state index contributed by atoms with van der Waals surface area (Å²) in [6.45, 7) is 0. The van der Waals surface area contributed by atoms with Gasteiger partial charge >= 0.3 is 0 Å². The lowest BCUT2D eigenvalue weighted by atomic mass is 9.58. The number of benzene rings is 2. The van der Waals surface area contributed by atoms with Crippen molar-refractivity contribution in [3.05, 3.63) is 76.9 Å². The molecule has 0 aliphatic heterocycles. The van der Waals surface area contributed by atoms with Crippen LogP contribution in [0.25, 0.3) is 0 Å². The zero-order chi connectivity index (χ0) is 18.9. The van der Waals surface area contributed by atoms with Crippen LogP contribution in [-0.4, -0.2) is 17.8 Å². The molecule has 0 unspecified atom stereocenters. The molecule has 2 aromatic carbocycles. The number of halogens is 1. The molecule has 2 aliphatic carbocycles. The molecule has 0 saturated heterocycles. The van der Waals surface area contributed by atoms with Crippen molar-refractivity contribution in [1.29, 1.82) is 0 Å². The Morgan fingerprint density at radius 2 is 1.93 bits per heavy atom. The fourth-order valence-electron chi connectivity index (χ4n) is 4.74. The van der Waals surface area contributed by atoms with Crippen LogP contribution in [0.15, 0.2) is 60.2 Å². The van der Waals surface area contributed by atoms with Crippen LogP contribution >= 0.6 is 11.6 Å². The van der Waals surface area contributed by atoms with Crippen LogP contribution in [0.3, 0.4) is 0 Å². The molecule has 1 N–H and O–H groups in total. The fourth-order valence-corrected chi connectivity index (χ4v) is 4.91. The average molecular weight is 379 g/mol. The molecule has 0 radical (unpaired) electrons. The van der Waals surface area contributed by atoms with E-state index in [4.69, 9.17) is 16.3 Å². The van der Waals surface area contributed by atoms with E-state index in [1.54, 1.807) is 7.11 Å². The molecule has 0 saturated carbocycles. The van der Waals surface area contributed by atoms with Crippen molar-refractivity contribution in [2.75, 3.05) is 7.11 Å². The van der Waals surface area contributed by atoms with Gasteiger partial charge in [0.15, 0.2) is 0 Å². The summed E-state index contributed by atoms with van der Waals surface area (Å²) >= 11 is 5.61. The molecule has 3 heteroatoms. The lowest BCUT2D eigenvalue weighted by Crippen LogP contribution is -2.43. The number of hydrogen-bond acceptors (Lipinski definition) is 2. The monoisotopic (exact) mass is 378 g/mol. The number of allylic oxidation sites excluding steroid dienone is 1. The standard InChI is InChI=1S/C24H23ClO2/c1-27-21-9-10-22-19(15-21)7-8-20-17-23(26,13-14-25)11-12-24(20,22)16-18-5-3-2-4-6-18/h2-6,9-10,15,17,26H,7-8,11-12,16H2,1H3/t23-,24+/m0/s1. The topological polar surface area (TPSA) is 29.5 Å². The summed E-state index contributed by atoms with van der Waals surface area (Å²) in [5.74, 6) is 3.69. The Balaban J connectivity index is 1.86. The number of methoxy groups -OCH3 is 1. The molecule has 2 atom stereocenters. The Hall–Kier alpha value is -2.21. The van der Waals surface area contributed by atoms with Gasteiger partial charge in [0.1, 0.15) is 11.4 Å². The third-order valence-corrected chi connectivity index (χ3v) is 6.16. The van der Waals surface area contributed by atoms with Crippen LogP contribution in [0.1, 0.15) is 36.0 Å². The molecule has 4 rings (SSSR count). The van der Waals surface area contributed by atoms with Crippen molar-refractivity contribution in [2.24, 2.45) is 0 Å². The van der Waals surface area contributed by atoms with Gasteiger partial charge in [-0.05, 0) is 84.5 Å². The second kappa shape index (κ2) is 7.08. The quantitative estimate of drug-likeness (QED) is 0.615. The molecule has 138 valence electrons. The highest BCUT2D eigenvalue weighted by molar-refractivity contribution is 6.30. The van der Waals surface area contributed by atoms with E-state index < -0.39 is 5.60 Å². The summed E-state index contributed by atoms with van der Waals surface area (Å²) in [7, 11) is 1.71. The molecule has 2 aromatic rings. The molecular weight excluding hydrogens is 356 g/mol. The Labute approximate surface area is 165 Å². The highest BCUT2D eigenvalue weighted by atomic mass is 35.5. The summed E-state index contributed by atoms with van der Waals surface area (Å²) in [5.41, 5.74) is 4.04. The third kappa shape index (κ3) is 3.27. The second-order valence-electron chi connectivity index (χ2n) is 7.58. The van der Waals surface area contributed by atoms with E-state index in [-0.39, 0.29) is 5.41 Å². The molecule has 2 aliphatic rings. The lowest BCUT2D eigenvalue weighted by molar-refractivity contribution is 0.116. The Kier molecular flexibility index (Phi) is 4.76. The van der Waals surface area contributed by atoms with Gasteiger partial charge in [-0.3, -0.25) is 0 Å². The van der Waals surface area contributed by atoms with Gasteiger partial charge in [-0.15, -0.1) is 0 Å². The van der Waals surface area contributed by atoms with Crippen molar-refractivity contribution in [1.82, 2.24) is 0 Å². The molecule has 0 spiro atoms. The first-order valence-corrected chi connectivity index (χ1v) is 9.75. The maximum atomic E-state index is 10.9. The van der Waals surface area contributed by atoms with Gasteiger partial charge in [0, 0.05) is 10.8 Å². The third-order valence-electron chi connectivity index (χ3n) is 6.06. The van der Waals surface area contributed by atoms with Crippen molar-refractivity contribution in [2.45, 2.75) is 43.1 Å². The van der Waals surface area contributed by atoms with Gasteiger partial charge in [0.25, 0.3) is 0 Å². The maximum absolute atomic E-state index is 10.9. The van der Waals surface area contributed by atoms with Gasteiger partial charge in [0.05, 0.1) is 7.11 Å². The van der Waals surface area contributed by atoms with Gasteiger partial charge in [0.2, 0.25) is 0 Å². The molecule has 0 amide bonds. The molecule has 2 nitrogen and oxygen atoms in total. The normalized spacial score (nSPS) is 26.1. The van der Waals surface area contributed by atoms with Crippen LogP contribution in [0.5, 0.6) is 5.75 Å². The molecule has 0 fully saturated rings. The lowest BCUT2D eigenvalue weighted by Gasteiger charge is -2.47. The predicted octanol–water partition coefficient (Wildman–Crippen LogP) is 4.77. The average Bonchev–Trinajstić information content (AvgIpc) is 2.69. The van der Waals surface area contributed by atoms with E-state index in [0.29, 0.717) is 6.42 Å². The number of ether oxygens (including phenoxy) is 1. The Bertz CT molecular complexity index is 938. The van der Waals surface area contributed by atoms with Gasteiger partial charge in [-0.1, -0.05) is 42.0 Å². The van der Waals surface area contributed by atoms with Gasteiger partial charge in [-0.25, -0.2) is 0 Å². The highest BCUT2D eigenvalue weighted by Crippen LogP contribution is 2.51. The fraction of sp³-hybridized carbons (Fsp3) is 0.333. The van der Waals surface area contributed by atoms with Crippen LogP contribution < -0.4 is 4.74 Å². The molecule has 0 bridgehead atoms. The zero-order valence-electron chi connectivity index (χ0n) is 15.5. The van der Waals surface area contributed by atoms with Gasteiger partial charge < -0.3 is 9.84 Å². The molecule has 27 heavy (non-hydrogen) atoms. The summed E-state index contributed by atoms with van der Waals surface area (Å²) in [6.07, 6.45) is 6.17. The van der Waals surface area contributed by atoms with E-state index in [2.05, 4.69) is 47.7 Å². The summed E-state index contributed by atoms with van der Waals surface area (Å²) < 4.78 is 5.45. The van der Waals surface area contributed by atoms with Crippen LogP contribution in [-0.2, 0) is 18.3 Å². The first-order chi connectivity index (χ1) is 13.1. The smallest absolute Gasteiger partial charge is 0.145 e. The molecule has 0 heterocycles. The largest absolute Gasteiger partial charge is 0.497 e. The van der Waals surface area contributed by atoms with E-state index >= 15 is 0 Å². The molecule has 0 aromatic heterocycles. The first kappa shape index (κ1) is 18.2. The van der Waals surface area contributed by atoms with Crippen molar-refractivity contribution < 1.29 is 9.84 Å². The van der Waals surface area contributed by atoms with Crippen molar-refractivity contribution in [3.8, 4) is 17.0 Å². The predicted molar refractivity (Wildman–Crippen MR) is 109 cm³/mol. The summed E-state index contributed by atoms with van der Waals surface area (Å²) in [6, 6.07) is 17.0. The van der Waals surface area contributed by atoms with Gasteiger partial charge in [-0.2, -0.15) is 0 Å². The number of aryl methyl sites for hydroxylation is 1. The second-order valence-corrected chi connectivity index (χ2v) is 7.77. The Morgan fingerprint density at radius 3 is 2.67 bits per heavy atom. The van der Waals surface area contributed by atoms with Crippen molar-refractivity contribution >= 4 is 11.6 Å². The highest BCUT2D eigenvalue weighted by Gasteiger charge is 2.46. The van der Waals surface area contributed by atoms with E-state index in [1.165, 1.54) is 22.3 Å². The van der Waals surface area contributed by atoms with Crippen LogP contribution in [0.2, 0.25) is 0 Å². The maximum Gasteiger partial charge on any atom is 0.145 e. The van der Waals surface area contributed by atoms with E-state index in [1.807, 2.05) is 18.2 Å². The van der Waals surface area contributed by atoms with E-state index in [0.717, 1.165) is 31.4 Å². The SMILES string of the molecule is COc1ccc2c(c1)CCC1=C[C@@](O)(C#CCl)CC[C@@]12Cc1ccccc1.